The molecule has 0 bridgehead atoms. The van der Waals surface area contributed by atoms with Crippen LogP contribution in [0.15, 0.2) is 31.0 Å². The van der Waals surface area contributed by atoms with E-state index >= 15 is 0 Å². The predicted molar refractivity (Wildman–Crippen MR) is 54.9 cm³/mol. The maximum atomic E-state index is 5.14. The van der Waals surface area contributed by atoms with Crippen molar-refractivity contribution in [2.24, 2.45) is 0 Å². The molecule has 0 unspecified atom stereocenters. The van der Waals surface area contributed by atoms with Crippen LogP contribution in [0.3, 0.4) is 0 Å². The molecular weight excluding hydrogens is 162 g/mol. The van der Waals surface area contributed by atoms with Gasteiger partial charge >= 0.3 is 0 Å². The summed E-state index contributed by atoms with van der Waals surface area (Å²) in [5.74, 6) is 0.871. The minimum absolute atomic E-state index is 0.871. The van der Waals surface area contributed by atoms with Crippen LogP contribution in [0.2, 0.25) is 0 Å². The summed E-state index contributed by atoms with van der Waals surface area (Å²) < 4.78 is 5.14. The molecule has 1 heterocycles. The van der Waals surface area contributed by atoms with Crippen molar-refractivity contribution < 1.29 is 4.74 Å². The Hall–Kier alpha value is -1.70. The molecule has 0 aliphatic rings. The number of ether oxygens (including phenoxy) is 1. The first-order valence-electron chi connectivity index (χ1n) is 4.12. The van der Waals surface area contributed by atoms with Gasteiger partial charge in [0.2, 0.25) is 0 Å². The van der Waals surface area contributed by atoms with E-state index in [1.807, 2.05) is 30.5 Å². The number of benzene rings is 1. The molecule has 0 spiro atoms. The van der Waals surface area contributed by atoms with Gasteiger partial charge in [-0.1, -0.05) is 12.7 Å². The van der Waals surface area contributed by atoms with Crippen molar-refractivity contribution in [3.05, 3.63) is 36.5 Å². The van der Waals surface area contributed by atoms with Gasteiger partial charge in [-0.2, -0.15) is 0 Å². The van der Waals surface area contributed by atoms with Gasteiger partial charge in [-0.3, -0.25) is 0 Å². The summed E-state index contributed by atoms with van der Waals surface area (Å²) >= 11 is 0. The number of hydrogen-bond donors (Lipinski definition) is 1. The molecule has 0 aliphatic heterocycles. The van der Waals surface area contributed by atoms with Gasteiger partial charge in [-0.15, -0.1) is 0 Å². The lowest BCUT2D eigenvalue weighted by molar-refractivity contribution is 0.415. The number of aromatic amines is 1. The largest absolute Gasteiger partial charge is 0.497 e. The summed E-state index contributed by atoms with van der Waals surface area (Å²) in [5.41, 5.74) is 2.21. The van der Waals surface area contributed by atoms with E-state index in [0.29, 0.717) is 0 Å². The second-order valence-corrected chi connectivity index (χ2v) is 2.86. The molecule has 2 rings (SSSR count). The molecule has 0 saturated heterocycles. The maximum Gasteiger partial charge on any atom is 0.119 e. The SMILES string of the molecule is C=Cc1c[nH]c2ccc(OC)cc12. The molecule has 2 aromatic rings. The predicted octanol–water partition coefficient (Wildman–Crippen LogP) is 2.82. The Morgan fingerprint density at radius 1 is 1.46 bits per heavy atom. The number of rotatable bonds is 2. The lowest BCUT2D eigenvalue weighted by atomic mass is 10.1. The highest BCUT2D eigenvalue weighted by Crippen LogP contribution is 2.23. The highest BCUT2D eigenvalue weighted by Gasteiger charge is 2.01. The van der Waals surface area contributed by atoms with Crippen molar-refractivity contribution in [1.82, 2.24) is 4.98 Å². The number of H-pyrrole nitrogens is 1. The summed E-state index contributed by atoms with van der Waals surface area (Å²) in [4.78, 5) is 3.16. The van der Waals surface area contributed by atoms with E-state index in [-0.39, 0.29) is 0 Å². The number of aromatic nitrogens is 1. The molecule has 0 amide bonds. The molecule has 2 heteroatoms. The van der Waals surface area contributed by atoms with Gasteiger partial charge in [-0.25, -0.2) is 0 Å². The standard InChI is InChI=1S/C11H11NO/c1-3-8-7-12-11-5-4-9(13-2)6-10(8)11/h3-7,12H,1H2,2H3. The number of hydrogen-bond acceptors (Lipinski definition) is 1. The lowest BCUT2D eigenvalue weighted by Crippen LogP contribution is -1.81. The van der Waals surface area contributed by atoms with E-state index in [4.69, 9.17) is 4.74 Å². The normalized spacial score (nSPS) is 10.2. The van der Waals surface area contributed by atoms with Gasteiger partial charge < -0.3 is 9.72 Å². The van der Waals surface area contributed by atoms with Crippen LogP contribution in [0.4, 0.5) is 0 Å². The summed E-state index contributed by atoms with van der Waals surface area (Å²) in [6, 6.07) is 5.94. The van der Waals surface area contributed by atoms with E-state index in [9.17, 15) is 0 Å². The highest BCUT2D eigenvalue weighted by molar-refractivity contribution is 5.89. The summed E-state index contributed by atoms with van der Waals surface area (Å²) in [7, 11) is 1.67. The Bertz CT molecular complexity index is 442. The molecule has 1 N–H and O–H groups in total. The molecule has 0 saturated carbocycles. The van der Waals surface area contributed by atoms with Crippen LogP contribution >= 0.6 is 0 Å². The van der Waals surface area contributed by atoms with Crippen LogP contribution in [-0.2, 0) is 0 Å². The van der Waals surface area contributed by atoms with Crippen molar-refractivity contribution >= 4 is 17.0 Å². The van der Waals surface area contributed by atoms with Crippen LogP contribution < -0.4 is 4.74 Å². The number of methoxy groups -OCH3 is 1. The average molecular weight is 173 g/mol. The maximum absolute atomic E-state index is 5.14. The van der Waals surface area contributed by atoms with Crippen LogP contribution in [-0.4, -0.2) is 12.1 Å². The van der Waals surface area contributed by atoms with Gasteiger partial charge in [0.05, 0.1) is 7.11 Å². The number of fused-ring (bicyclic) bond motifs is 1. The molecule has 2 nitrogen and oxygen atoms in total. The topological polar surface area (TPSA) is 25.0 Å². The zero-order valence-electron chi connectivity index (χ0n) is 7.50. The van der Waals surface area contributed by atoms with Crippen LogP contribution in [0.5, 0.6) is 5.75 Å². The van der Waals surface area contributed by atoms with E-state index in [0.717, 1.165) is 22.2 Å². The number of nitrogens with one attached hydrogen (secondary N) is 1. The van der Waals surface area contributed by atoms with Gasteiger partial charge in [0.15, 0.2) is 0 Å². The van der Waals surface area contributed by atoms with Gasteiger partial charge in [0, 0.05) is 17.1 Å². The first-order chi connectivity index (χ1) is 6.35. The fraction of sp³-hybridized carbons (Fsp3) is 0.0909. The van der Waals surface area contributed by atoms with Crippen molar-refractivity contribution in [2.45, 2.75) is 0 Å². The van der Waals surface area contributed by atoms with Crippen LogP contribution in [0.1, 0.15) is 5.56 Å². The molecule has 0 atom stereocenters. The van der Waals surface area contributed by atoms with Crippen molar-refractivity contribution in [3.63, 3.8) is 0 Å². The van der Waals surface area contributed by atoms with E-state index in [1.54, 1.807) is 7.11 Å². The minimum atomic E-state index is 0.871. The monoisotopic (exact) mass is 173 g/mol. The van der Waals surface area contributed by atoms with Crippen molar-refractivity contribution in [1.29, 1.82) is 0 Å². The third-order valence-corrected chi connectivity index (χ3v) is 2.14. The third kappa shape index (κ3) is 1.20. The third-order valence-electron chi connectivity index (χ3n) is 2.14. The van der Waals surface area contributed by atoms with Crippen molar-refractivity contribution in [2.75, 3.05) is 7.11 Å². The highest BCUT2D eigenvalue weighted by atomic mass is 16.5. The first kappa shape index (κ1) is 7.92. The zero-order chi connectivity index (χ0) is 9.26. The zero-order valence-corrected chi connectivity index (χ0v) is 7.50. The Kier molecular flexibility index (Phi) is 1.81. The molecular formula is C11H11NO. The fourth-order valence-corrected chi connectivity index (χ4v) is 1.42. The second kappa shape index (κ2) is 2.98. The quantitative estimate of drug-likeness (QED) is 0.742. The lowest BCUT2D eigenvalue weighted by Gasteiger charge is -1.98. The molecule has 0 aliphatic carbocycles. The Labute approximate surface area is 76.8 Å². The molecule has 0 fully saturated rings. The van der Waals surface area contributed by atoms with Gasteiger partial charge in [-0.05, 0) is 23.8 Å². The van der Waals surface area contributed by atoms with Crippen LogP contribution in [0.25, 0.3) is 17.0 Å². The first-order valence-corrected chi connectivity index (χ1v) is 4.12. The smallest absolute Gasteiger partial charge is 0.119 e. The van der Waals surface area contributed by atoms with Crippen molar-refractivity contribution in [3.8, 4) is 5.75 Å². The van der Waals surface area contributed by atoms with E-state index < -0.39 is 0 Å². The molecule has 1 aromatic heterocycles. The van der Waals surface area contributed by atoms with Crippen LogP contribution in [0, 0.1) is 0 Å². The van der Waals surface area contributed by atoms with E-state index in [2.05, 4.69) is 11.6 Å². The van der Waals surface area contributed by atoms with Gasteiger partial charge in [0.1, 0.15) is 5.75 Å². The molecule has 66 valence electrons. The summed E-state index contributed by atoms with van der Waals surface area (Å²) in [5, 5.41) is 1.15. The Balaban J connectivity index is 2.71. The summed E-state index contributed by atoms with van der Waals surface area (Å²) in [6.45, 7) is 3.75. The summed E-state index contributed by atoms with van der Waals surface area (Å²) in [6.07, 6.45) is 3.77. The molecule has 1 aromatic carbocycles. The average Bonchev–Trinajstić information content (AvgIpc) is 2.59. The Morgan fingerprint density at radius 2 is 2.31 bits per heavy atom. The van der Waals surface area contributed by atoms with E-state index in [1.165, 1.54) is 0 Å². The molecule has 0 radical (unpaired) electrons. The second-order valence-electron chi connectivity index (χ2n) is 2.86. The minimum Gasteiger partial charge on any atom is -0.497 e. The van der Waals surface area contributed by atoms with Gasteiger partial charge in [0.25, 0.3) is 0 Å². The Morgan fingerprint density at radius 3 is 3.00 bits per heavy atom. The fourth-order valence-electron chi connectivity index (χ4n) is 1.42. The molecule has 13 heavy (non-hydrogen) atoms.